The Morgan fingerprint density at radius 2 is 2.28 bits per heavy atom. The number of fused-ring (bicyclic) bond motifs is 1. The lowest BCUT2D eigenvalue weighted by Gasteiger charge is -2.29. The van der Waals surface area contributed by atoms with E-state index in [1.54, 1.807) is 24.3 Å². The van der Waals surface area contributed by atoms with Crippen LogP contribution in [-0.4, -0.2) is 45.6 Å². The van der Waals surface area contributed by atoms with Crippen LogP contribution in [0.5, 0.6) is 0 Å². The highest BCUT2D eigenvalue weighted by Crippen LogP contribution is 2.15. The highest BCUT2D eigenvalue weighted by Gasteiger charge is 2.22. The molecule has 0 aliphatic carbocycles. The van der Waals surface area contributed by atoms with Crippen LogP contribution in [0.25, 0.3) is 0 Å². The summed E-state index contributed by atoms with van der Waals surface area (Å²) in [5, 5.41) is 4.47. The summed E-state index contributed by atoms with van der Waals surface area (Å²) in [4.78, 5) is 28.2. The van der Waals surface area contributed by atoms with Crippen LogP contribution >= 0.6 is 0 Å². The van der Waals surface area contributed by atoms with Gasteiger partial charge in [0.2, 0.25) is 5.91 Å². The van der Waals surface area contributed by atoms with E-state index in [0.717, 1.165) is 36.4 Å². The van der Waals surface area contributed by atoms with Crippen LogP contribution in [-0.2, 0) is 30.8 Å². The maximum atomic E-state index is 12.4. The second-order valence-corrected chi connectivity index (χ2v) is 6.47. The monoisotopic (exact) mass is 344 g/mol. The summed E-state index contributed by atoms with van der Waals surface area (Å²) in [6, 6.07) is 5.34. The molecule has 3 heterocycles. The molecule has 0 bridgehead atoms. The number of carbonyl (C=O) groups is 1. The molecule has 7 heteroatoms. The minimum Gasteiger partial charge on any atom is -0.467 e. The maximum Gasteiger partial charge on any atom is 0.267 e. The molecular formula is C18H24N4O3. The van der Waals surface area contributed by atoms with Gasteiger partial charge in [0.25, 0.3) is 5.56 Å². The molecule has 1 aliphatic rings. The van der Waals surface area contributed by atoms with Crippen LogP contribution in [0.1, 0.15) is 30.4 Å². The zero-order valence-corrected chi connectivity index (χ0v) is 14.8. The van der Waals surface area contributed by atoms with Crippen molar-refractivity contribution in [2.75, 3.05) is 20.1 Å². The van der Waals surface area contributed by atoms with Crippen molar-refractivity contribution in [1.29, 1.82) is 0 Å². The van der Waals surface area contributed by atoms with Crippen LogP contribution < -0.4 is 5.56 Å². The molecule has 0 aromatic carbocycles. The number of furan rings is 1. The van der Waals surface area contributed by atoms with Crippen molar-refractivity contribution in [3.05, 3.63) is 51.8 Å². The van der Waals surface area contributed by atoms with E-state index >= 15 is 0 Å². The van der Waals surface area contributed by atoms with Gasteiger partial charge < -0.3 is 9.32 Å². The van der Waals surface area contributed by atoms with Crippen LogP contribution in [0.4, 0.5) is 0 Å². The first-order valence-electron chi connectivity index (χ1n) is 8.65. The van der Waals surface area contributed by atoms with Crippen LogP contribution in [0.15, 0.2) is 33.7 Å². The van der Waals surface area contributed by atoms with E-state index in [2.05, 4.69) is 10.00 Å². The molecule has 0 fully saturated rings. The first-order valence-corrected chi connectivity index (χ1v) is 8.65. The minimum atomic E-state index is -0.0660. The van der Waals surface area contributed by atoms with E-state index in [1.165, 1.54) is 4.68 Å². The molecule has 2 aromatic heterocycles. The molecule has 3 rings (SSSR count). The number of nitrogens with zero attached hydrogens (tertiary/aromatic N) is 4. The van der Waals surface area contributed by atoms with Gasteiger partial charge >= 0.3 is 0 Å². The second-order valence-electron chi connectivity index (χ2n) is 6.47. The SMILES string of the molecule is CCCn1nc2c(cc1=O)CN(CC(=O)N(C)Cc1ccco1)CC2. The molecule has 134 valence electrons. The predicted octanol–water partition coefficient (Wildman–Crippen LogP) is 1.26. The third-order valence-corrected chi connectivity index (χ3v) is 4.42. The predicted molar refractivity (Wildman–Crippen MR) is 93.0 cm³/mol. The quantitative estimate of drug-likeness (QED) is 0.789. The average molecular weight is 344 g/mol. The van der Waals surface area contributed by atoms with Gasteiger partial charge in [0.15, 0.2) is 0 Å². The molecule has 0 spiro atoms. The average Bonchev–Trinajstić information content (AvgIpc) is 3.09. The molecule has 0 saturated carbocycles. The molecule has 0 saturated heterocycles. The number of amides is 1. The van der Waals surface area contributed by atoms with Gasteiger partial charge in [-0.3, -0.25) is 14.5 Å². The zero-order valence-electron chi connectivity index (χ0n) is 14.8. The van der Waals surface area contributed by atoms with Crippen molar-refractivity contribution in [2.24, 2.45) is 0 Å². The molecule has 2 aromatic rings. The topological polar surface area (TPSA) is 71.6 Å². The molecule has 1 amide bonds. The summed E-state index contributed by atoms with van der Waals surface area (Å²) in [6.45, 7) is 4.82. The summed E-state index contributed by atoms with van der Waals surface area (Å²) in [5.74, 6) is 0.799. The number of hydrogen-bond acceptors (Lipinski definition) is 5. The molecular weight excluding hydrogens is 320 g/mol. The van der Waals surface area contributed by atoms with Crippen molar-refractivity contribution < 1.29 is 9.21 Å². The van der Waals surface area contributed by atoms with Gasteiger partial charge in [-0.1, -0.05) is 6.92 Å². The molecule has 0 unspecified atom stereocenters. The Morgan fingerprint density at radius 1 is 1.44 bits per heavy atom. The number of aromatic nitrogens is 2. The minimum absolute atomic E-state index is 0.0344. The fraction of sp³-hybridized carbons (Fsp3) is 0.500. The van der Waals surface area contributed by atoms with Crippen molar-refractivity contribution in [3.8, 4) is 0 Å². The molecule has 0 N–H and O–H groups in total. The van der Waals surface area contributed by atoms with Crippen molar-refractivity contribution >= 4 is 5.91 Å². The number of hydrogen-bond donors (Lipinski definition) is 0. The molecule has 7 nitrogen and oxygen atoms in total. The molecule has 1 aliphatic heterocycles. The van der Waals surface area contributed by atoms with E-state index < -0.39 is 0 Å². The highest BCUT2D eigenvalue weighted by atomic mass is 16.3. The first-order chi connectivity index (χ1) is 12.1. The Labute approximate surface area is 146 Å². The first kappa shape index (κ1) is 17.4. The smallest absolute Gasteiger partial charge is 0.267 e. The van der Waals surface area contributed by atoms with Gasteiger partial charge in [-0.15, -0.1) is 0 Å². The Hall–Kier alpha value is -2.41. The summed E-state index contributed by atoms with van der Waals surface area (Å²) >= 11 is 0. The number of rotatable bonds is 6. The van der Waals surface area contributed by atoms with Crippen molar-refractivity contribution in [2.45, 2.75) is 39.4 Å². The van der Waals surface area contributed by atoms with Crippen LogP contribution in [0, 0.1) is 0 Å². The Morgan fingerprint density at radius 3 is 3.00 bits per heavy atom. The largest absolute Gasteiger partial charge is 0.467 e. The summed E-state index contributed by atoms with van der Waals surface area (Å²) in [7, 11) is 1.77. The molecule has 25 heavy (non-hydrogen) atoms. The lowest BCUT2D eigenvalue weighted by Crippen LogP contribution is -2.41. The highest BCUT2D eigenvalue weighted by molar-refractivity contribution is 5.78. The van der Waals surface area contributed by atoms with Crippen LogP contribution in [0.2, 0.25) is 0 Å². The van der Waals surface area contributed by atoms with Gasteiger partial charge in [-0.25, -0.2) is 4.68 Å². The summed E-state index contributed by atoms with van der Waals surface area (Å²) in [6.07, 6.45) is 3.25. The number of carbonyl (C=O) groups excluding carboxylic acids is 1. The fourth-order valence-corrected chi connectivity index (χ4v) is 3.04. The van der Waals surface area contributed by atoms with Crippen molar-refractivity contribution in [3.63, 3.8) is 0 Å². The lowest BCUT2D eigenvalue weighted by molar-refractivity contribution is -0.132. The maximum absolute atomic E-state index is 12.4. The Kier molecular flexibility index (Phi) is 5.33. The third kappa shape index (κ3) is 4.17. The van der Waals surface area contributed by atoms with Gasteiger partial charge in [-0.05, 0) is 24.1 Å². The van der Waals surface area contributed by atoms with E-state index in [0.29, 0.717) is 26.2 Å². The zero-order chi connectivity index (χ0) is 17.8. The summed E-state index contributed by atoms with van der Waals surface area (Å²) in [5.41, 5.74) is 1.84. The number of aryl methyl sites for hydroxylation is 1. The molecule has 0 atom stereocenters. The van der Waals surface area contributed by atoms with E-state index in [-0.39, 0.29) is 11.5 Å². The van der Waals surface area contributed by atoms with Gasteiger partial charge in [-0.2, -0.15) is 5.10 Å². The second kappa shape index (κ2) is 7.65. The van der Waals surface area contributed by atoms with Crippen molar-refractivity contribution in [1.82, 2.24) is 19.6 Å². The number of likely N-dealkylation sites (N-methyl/N-ethyl adjacent to an activating group) is 1. The Bertz CT molecular complexity index is 782. The summed E-state index contributed by atoms with van der Waals surface area (Å²) < 4.78 is 6.82. The van der Waals surface area contributed by atoms with E-state index in [1.807, 2.05) is 19.1 Å². The van der Waals surface area contributed by atoms with E-state index in [9.17, 15) is 9.59 Å². The normalized spacial score (nSPS) is 14.3. The fourth-order valence-electron chi connectivity index (χ4n) is 3.04. The molecule has 0 radical (unpaired) electrons. The van der Waals surface area contributed by atoms with Gasteiger partial charge in [0.05, 0.1) is 25.0 Å². The van der Waals surface area contributed by atoms with Gasteiger partial charge in [0, 0.05) is 39.2 Å². The van der Waals surface area contributed by atoms with Crippen LogP contribution in [0.3, 0.4) is 0 Å². The Balaban J connectivity index is 1.61. The van der Waals surface area contributed by atoms with Gasteiger partial charge in [0.1, 0.15) is 5.76 Å². The standard InChI is InChI=1S/C18H24N4O3/c1-3-7-22-17(23)10-14-11-21(8-6-16(14)19-22)13-18(24)20(2)12-15-5-4-9-25-15/h4-5,9-10H,3,6-8,11-13H2,1-2H3. The van der Waals surface area contributed by atoms with E-state index in [4.69, 9.17) is 4.42 Å². The third-order valence-electron chi connectivity index (χ3n) is 4.42. The lowest BCUT2D eigenvalue weighted by atomic mass is 10.1.